The van der Waals surface area contributed by atoms with Crippen LogP contribution >= 0.6 is 11.6 Å². The lowest BCUT2D eigenvalue weighted by molar-refractivity contribution is 0.0641. The summed E-state index contributed by atoms with van der Waals surface area (Å²) in [4.78, 5) is 10.6. The molecular weight excluding hydrogens is 250 g/mol. The Hall–Kier alpha value is -1.27. The second-order valence-corrected chi connectivity index (χ2v) is 4.54. The maximum absolute atomic E-state index is 12.7. The van der Waals surface area contributed by atoms with Crippen LogP contribution in [0.15, 0.2) is 12.5 Å². The van der Waals surface area contributed by atoms with E-state index < -0.39 is 12.0 Å². The highest BCUT2D eigenvalue weighted by molar-refractivity contribution is 6.34. The molecule has 0 aliphatic rings. The van der Waals surface area contributed by atoms with Gasteiger partial charge in [0, 0.05) is 6.20 Å². The lowest BCUT2D eigenvalue weighted by Gasteiger charge is -2.22. The van der Waals surface area contributed by atoms with Crippen molar-refractivity contribution in [1.82, 2.24) is 15.0 Å². The molecule has 0 bridgehead atoms. The van der Waals surface area contributed by atoms with E-state index in [-0.39, 0.29) is 11.6 Å². The summed E-state index contributed by atoms with van der Waals surface area (Å²) in [5.41, 5.74) is 5.05. The van der Waals surface area contributed by atoms with Crippen molar-refractivity contribution in [3.05, 3.63) is 23.2 Å². The van der Waals surface area contributed by atoms with Crippen LogP contribution in [0.2, 0.25) is 5.15 Å². The lowest BCUT2D eigenvalue weighted by Crippen LogP contribution is -2.45. The Balaban J connectivity index is 2.44. The molecule has 0 aliphatic heterocycles. The average molecular weight is 261 g/mol. The summed E-state index contributed by atoms with van der Waals surface area (Å²) in [7, 11) is 0. The van der Waals surface area contributed by atoms with E-state index in [0.29, 0.717) is 16.6 Å². The van der Waals surface area contributed by atoms with Gasteiger partial charge < -0.3 is 10.7 Å². The molecular formula is C10H11ClF2N4. The van der Waals surface area contributed by atoms with Crippen molar-refractivity contribution in [3.63, 3.8) is 0 Å². The molecule has 92 valence electrons. The van der Waals surface area contributed by atoms with Crippen molar-refractivity contribution in [2.75, 3.05) is 0 Å². The van der Waals surface area contributed by atoms with Crippen molar-refractivity contribution in [2.24, 2.45) is 5.73 Å². The fraction of sp³-hybridized carbons (Fsp3) is 0.400. The average Bonchev–Trinajstić information content (AvgIpc) is 2.62. The molecule has 2 aromatic heterocycles. The van der Waals surface area contributed by atoms with Crippen molar-refractivity contribution < 1.29 is 8.78 Å². The number of hydrogen-bond donors (Lipinski definition) is 2. The van der Waals surface area contributed by atoms with E-state index in [9.17, 15) is 8.78 Å². The van der Waals surface area contributed by atoms with Gasteiger partial charge in [0.15, 0.2) is 0 Å². The van der Waals surface area contributed by atoms with Gasteiger partial charge in [0.2, 0.25) is 0 Å². The molecule has 3 N–H and O–H groups in total. The molecule has 0 aromatic carbocycles. The molecule has 2 aromatic rings. The van der Waals surface area contributed by atoms with Gasteiger partial charge in [-0.25, -0.2) is 18.7 Å². The second kappa shape index (κ2) is 4.19. The Morgan fingerprint density at radius 1 is 1.53 bits per heavy atom. The van der Waals surface area contributed by atoms with Gasteiger partial charge in [0.1, 0.15) is 17.1 Å². The van der Waals surface area contributed by atoms with Crippen LogP contribution in [-0.2, 0) is 6.42 Å². The standard InChI is InChI=1S/C10H11ClF2N4/c1-10(14,9(12)13)2-5-3-15-8-6(5)7(11)16-4-17-8/h3-4,9H,2,14H2,1H3,(H,15,16,17). The van der Waals surface area contributed by atoms with Crippen molar-refractivity contribution in [3.8, 4) is 0 Å². The molecule has 7 heteroatoms. The van der Waals surface area contributed by atoms with Gasteiger partial charge in [0.25, 0.3) is 6.43 Å². The Bertz CT molecular complexity index is 538. The van der Waals surface area contributed by atoms with E-state index in [4.69, 9.17) is 17.3 Å². The number of aromatic nitrogens is 3. The minimum Gasteiger partial charge on any atom is -0.346 e. The van der Waals surface area contributed by atoms with Crippen molar-refractivity contribution in [2.45, 2.75) is 25.3 Å². The number of H-pyrrole nitrogens is 1. The summed E-state index contributed by atoms with van der Waals surface area (Å²) in [5.74, 6) is 0. The Kier molecular flexibility index (Phi) is 3.01. The first-order valence-electron chi connectivity index (χ1n) is 4.95. The van der Waals surface area contributed by atoms with Gasteiger partial charge in [-0.05, 0) is 18.9 Å². The van der Waals surface area contributed by atoms with Gasteiger partial charge in [-0.15, -0.1) is 0 Å². The zero-order chi connectivity index (χ0) is 12.6. The van der Waals surface area contributed by atoms with Crippen LogP contribution in [0, 0.1) is 0 Å². The molecule has 1 atom stereocenters. The fourth-order valence-electron chi connectivity index (χ4n) is 1.61. The van der Waals surface area contributed by atoms with Crippen LogP contribution in [0.4, 0.5) is 8.78 Å². The highest BCUT2D eigenvalue weighted by atomic mass is 35.5. The van der Waals surface area contributed by atoms with E-state index in [0.717, 1.165) is 0 Å². The third-order valence-electron chi connectivity index (χ3n) is 2.58. The summed E-state index contributed by atoms with van der Waals surface area (Å²) in [5, 5.41) is 0.780. The smallest absolute Gasteiger partial charge is 0.256 e. The lowest BCUT2D eigenvalue weighted by atomic mass is 9.95. The monoisotopic (exact) mass is 260 g/mol. The summed E-state index contributed by atoms with van der Waals surface area (Å²) in [6.07, 6.45) is 0.270. The fourth-order valence-corrected chi connectivity index (χ4v) is 1.87. The molecule has 0 amide bonds. The Morgan fingerprint density at radius 2 is 2.24 bits per heavy atom. The number of nitrogens with one attached hydrogen (secondary N) is 1. The number of hydrogen-bond acceptors (Lipinski definition) is 3. The first-order chi connectivity index (χ1) is 7.92. The molecule has 2 heterocycles. The minimum atomic E-state index is -2.61. The molecule has 0 spiro atoms. The quantitative estimate of drug-likeness (QED) is 0.831. The van der Waals surface area contributed by atoms with E-state index in [1.54, 1.807) is 6.20 Å². The zero-order valence-corrected chi connectivity index (χ0v) is 9.80. The predicted octanol–water partition coefficient (Wildman–Crippen LogP) is 2.14. The topological polar surface area (TPSA) is 67.6 Å². The molecule has 0 aliphatic carbocycles. The number of fused-ring (bicyclic) bond motifs is 1. The second-order valence-electron chi connectivity index (χ2n) is 4.19. The van der Waals surface area contributed by atoms with Gasteiger partial charge in [-0.3, -0.25) is 0 Å². The maximum atomic E-state index is 12.7. The summed E-state index contributed by atoms with van der Waals surface area (Å²) in [6, 6.07) is 0. The van der Waals surface area contributed by atoms with Gasteiger partial charge >= 0.3 is 0 Å². The molecule has 17 heavy (non-hydrogen) atoms. The van der Waals surface area contributed by atoms with Gasteiger partial charge in [-0.1, -0.05) is 11.6 Å². The van der Waals surface area contributed by atoms with E-state index >= 15 is 0 Å². The number of alkyl halides is 2. The first-order valence-corrected chi connectivity index (χ1v) is 5.33. The third-order valence-corrected chi connectivity index (χ3v) is 2.86. The van der Waals surface area contributed by atoms with Crippen LogP contribution in [0.1, 0.15) is 12.5 Å². The van der Waals surface area contributed by atoms with E-state index in [2.05, 4.69) is 15.0 Å². The SMILES string of the molecule is CC(N)(Cc1c[nH]c2ncnc(Cl)c12)C(F)F. The Morgan fingerprint density at radius 3 is 2.88 bits per heavy atom. The normalized spacial score (nSPS) is 15.4. The molecule has 0 saturated carbocycles. The van der Waals surface area contributed by atoms with E-state index in [1.807, 2.05) is 0 Å². The number of halogens is 3. The molecule has 1 unspecified atom stereocenters. The summed E-state index contributed by atoms with van der Waals surface area (Å²) in [6.45, 7) is 1.30. The summed E-state index contributed by atoms with van der Waals surface area (Å²) < 4.78 is 25.4. The highest BCUT2D eigenvalue weighted by Gasteiger charge is 2.31. The van der Waals surface area contributed by atoms with Crippen molar-refractivity contribution >= 4 is 22.6 Å². The minimum absolute atomic E-state index is 0.00222. The van der Waals surface area contributed by atoms with Crippen LogP contribution in [0.3, 0.4) is 0 Å². The number of aromatic amines is 1. The number of nitrogens with two attached hydrogens (primary N) is 1. The third kappa shape index (κ3) is 2.23. The van der Waals surface area contributed by atoms with Crippen LogP contribution in [-0.4, -0.2) is 26.9 Å². The zero-order valence-electron chi connectivity index (χ0n) is 9.04. The van der Waals surface area contributed by atoms with Crippen LogP contribution < -0.4 is 5.73 Å². The Labute approximate surface area is 101 Å². The molecule has 0 radical (unpaired) electrons. The van der Waals surface area contributed by atoms with E-state index in [1.165, 1.54) is 13.3 Å². The maximum Gasteiger partial charge on any atom is 0.256 e. The largest absolute Gasteiger partial charge is 0.346 e. The predicted molar refractivity (Wildman–Crippen MR) is 61.2 cm³/mol. The van der Waals surface area contributed by atoms with Crippen molar-refractivity contribution in [1.29, 1.82) is 0 Å². The van der Waals surface area contributed by atoms with Gasteiger partial charge in [0.05, 0.1) is 10.9 Å². The van der Waals surface area contributed by atoms with Crippen LogP contribution in [0.25, 0.3) is 11.0 Å². The first kappa shape index (κ1) is 12.2. The summed E-state index contributed by atoms with van der Waals surface area (Å²) >= 11 is 5.91. The highest BCUT2D eigenvalue weighted by Crippen LogP contribution is 2.27. The van der Waals surface area contributed by atoms with Gasteiger partial charge in [-0.2, -0.15) is 0 Å². The molecule has 0 saturated heterocycles. The number of nitrogens with zero attached hydrogens (tertiary/aromatic N) is 2. The van der Waals surface area contributed by atoms with Crippen LogP contribution in [0.5, 0.6) is 0 Å². The molecule has 2 rings (SSSR count). The molecule has 0 fully saturated rings. The molecule has 4 nitrogen and oxygen atoms in total. The number of rotatable bonds is 3.